The molecule has 2 aliphatic rings. The molecule has 135 heavy (non-hydrogen) atoms. The van der Waals surface area contributed by atoms with Gasteiger partial charge in [0.1, 0.15) is 0 Å². The molecular weight excluding hydrogens is 1910 g/mol. The highest BCUT2D eigenvalue weighted by Crippen LogP contribution is 2.45. The Bertz CT molecular complexity index is 4140. The summed E-state index contributed by atoms with van der Waals surface area (Å²) in [5.41, 5.74) is 14.6. The van der Waals surface area contributed by atoms with Crippen LogP contribution in [0.5, 0.6) is 0 Å². The molecule has 0 N–H and O–H groups in total. The number of hydrogen-bond donors (Lipinski definition) is 0. The van der Waals surface area contributed by atoms with E-state index in [1.807, 2.05) is 17.5 Å². The van der Waals surface area contributed by atoms with Crippen molar-refractivity contribution >= 4 is 140 Å². The molecule has 2 heterocycles. The van der Waals surface area contributed by atoms with Gasteiger partial charge in [-0.2, -0.15) is 0 Å². The van der Waals surface area contributed by atoms with E-state index in [-0.39, 0.29) is 32.4 Å². The highest BCUT2D eigenvalue weighted by Gasteiger charge is 2.58. The molecule has 0 saturated carbocycles. The maximum atomic E-state index is 12.0. The molecular formula is C102H168O20Si13. The van der Waals surface area contributed by atoms with Gasteiger partial charge in [-0.3, -0.25) is 0 Å². The first-order valence-electron chi connectivity index (χ1n) is 48.7. The van der Waals surface area contributed by atoms with Crippen LogP contribution >= 0.6 is 0 Å². The number of esters is 5. The number of benzene rings is 5. The Morgan fingerprint density at radius 2 is 0.504 bits per heavy atom. The number of carbonyl (C=O) groups is 5. The molecule has 0 aromatic heterocycles. The van der Waals surface area contributed by atoms with Crippen molar-refractivity contribution in [2.24, 2.45) is 0 Å². The van der Waals surface area contributed by atoms with Crippen molar-refractivity contribution in [2.75, 3.05) is 33.0 Å². The number of ether oxygens (including phenoxy) is 5. The van der Waals surface area contributed by atoms with E-state index in [4.69, 9.17) is 64.8 Å². The van der Waals surface area contributed by atoms with E-state index < -0.39 is 134 Å². The van der Waals surface area contributed by atoms with Crippen LogP contribution in [0.1, 0.15) is 127 Å². The molecule has 2 saturated heterocycles. The second-order valence-electron chi connectivity index (χ2n) is 40.8. The van der Waals surface area contributed by atoms with Gasteiger partial charge in [-0.15, -0.1) is 13.2 Å². The van der Waals surface area contributed by atoms with E-state index in [1.54, 1.807) is 34.6 Å². The van der Waals surface area contributed by atoms with Crippen LogP contribution in [0, 0.1) is 0 Å². The summed E-state index contributed by atoms with van der Waals surface area (Å²) in [6.45, 7) is 71.0. The van der Waals surface area contributed by atoms with Crippen LogP contribution in [0.15, 0.2) is 237 Å². The highest BCUT2D eigenvalue weighted by molar-refractivity contribution is 7.01. The van der Waals surface area contributed by atoms with Gasteiger partial charge in [-0.05, 0) is 335 Å². The Kier molecular flexibility index (Phi) is 50.1. The van der Waals surface area contributed by atoms with Crippen molar-refractivity contribution in [3.8, 4) is 0 Å². The average molecular weight is 2080 g/mol. The Morgan fingerprint density at radius 3 is 0.770 bits per heavy atom. The lowest BCUT2D eigenvalue weighted by molar-refractivity contribution is -0.139. The van der Waals surface area contributed by atoms with Gasteiger partial charge in [-0.25, -0.2) is 24.0 Å². The smallest absolute Gasteiger partial charge is 0.333 e. The van der Waals surface area contributed by atoms with Gasteiger partial charge in [0.05, 0.1) is 33.0 Å². The molecule has 0 spiro atoms. The third-order valence-electron chi connectivity index (χ3n) is 23.9. The van der Waals surface area contributed by atoms with E-state index in [0.29, 0.717) is 84.7 Å². The van der Waals surface area contributed by atoms with Crippen LogP contribution in [-0.2, 0) is 121 Å². The van der Waals surface area contributed by atoms with Crippen molar-refractivity contribution in [1.82, 2.24) is 0 Å². The number of hydrogen-bond acceptors (Lipinski definition) is 20. The van der Waals surface area contributed by atoms with E-state index in [9.17, 15) is 24.0 Å². The summed E-state index contributed by atoms with van der Waals surface area (Å²) in [6.07, 6.45) is 13.8. The molecule has 748 valence electrons. The van der Waals surface area contributed by atoms with E-state index >= 15 is 0 Å². The van der Waals surface area contributed by atoms with Crippen molar-refractivity contribution < 1.29 is 88.8 Å². The fraction of sp³-hybridized carbons (Fsp3) is 0.520. The molecule has 33 heteroatoms. The maximum Gasteiger partial charge on any atom is 0.333 e. The molecule has 2 fully saturated rings. The molecule has 10 unspecified atom stereocenters. The first kappa shape index (κ1) is 120. The van der Waals surface area contributed by atoms with Crippen LogP contribution in [0.3, 0.4) is 0 Å². The Hall–Kier alpha value is -5.95. The summed E-state index contributed by atoms with van der Waals surface area (Å²) >= 11 is 0. The largest absolute Gasteiger partial charge is 0.462 e. The topological polar surface area (TPSA) is 224 Å². The number of rotatable bonds is 55. The molecule has 10 atom stereocenters. The minimum atomic E-state index is -2.93. The molecule has 20 nitrogen and oxygen atoms in total. The van der Waals surface area contributed by atoms with Crippen LogP contribution in [0.25, 0.3) is 0 Å². The van der Waals surface area contributed by atoms with Gasteiger partial charge >= 0.3 is 89.8 Å². The molecule has 0 radical (unpaired) electrons. The predicted molar refractivity (Wildman–Crippen MR) is 583 cm³/mol. The summed E-state index contributed by atoms with van der Waals surface area (Å²) in [4.78, 5) is 60.0. The van der Waals surface area contributed by atoms with E-state index in [1.165, 1.54) is 58.4 Å². The fourth-order valence-electron chi connectivity index (χ4n) is 18.2. The Labute approximate surface area is 827 Å². The highest BCUT2D eigenvalue weighted by atomic mass is 28.5. The predicted octanol–water partition coefficient (Wildman–Crippen LogP) is 26.2. The lowest BCUT2D eigenvalue weighted by atomic mass is 10.1. The second-order valence-corrected chi connectivity index (χ2v) is 92.0. The van der Waals surface area contributed by atoms with E-state index in [2.05, 4.69) is 296 Å². The van der Waals surface area contributed by atoms with Gasteiger partial charge in [0.2, 0.25) is 0 Å². The molecule has 5 aromatic carbocycles. The molecule has 5 aromatic rings. The summed E-state index contributed by atoms with van der Waals surface area (Å²) in [5.74, 6) is -2.09. The van der Waals surface area contributed by atoms with Gasteiger partial charge in [0, 0.05) is 27.9 Å². The number of carbonyl (C=O) groups excluding carboxylic acids is 5. The molecule has 0 bridgehead atoms. The lowest BCUT2D eigenvalue weighted by Gasteiger charge is -2.51. The van der Waals surface area contributed by atoms with Crippen molar-refractivity contribution in [3.05, 3.63) is 265 Å². The zero-order chi connectivity index (χ0) is 100. The number of aryl methyl sites for hydroxylation is 5. The summed E-state index contributed by atoms with van der Waals surface area (Å²) < 4.78 is 99.1. The van der Waals surface area contributed by atoms with E-state index in [0.717, 1.165) is 87.3 Å². The summed E-state index contributed by atoms with van der Waals surface area (Å²) in [5, 5.41) is 0. The van der Waals surface area contributed by atoms with Crippen molar-refractivity contribution in [2.45, 2.75) is 307 Å². The zero-order valence-corrected chi connectivity index (χ0v) is 99.3. The quantitative estimate of drug-likeness (QED) is 0.0116. The SMILES string of the molecule is C=C(C)C(=O)OCCC[Si]1(C)C[Si](C)(CCCOC(=O)C(=C)C)O[Si](C)(CCCOC(=O)C(=C)C)O[Si](C)(CCCOC(=O)C(=C)C)O1.C=C[Si](C)(C)O[Si](C)(C)O[Si](C)(CCCc1ccccc1)O[Si](C)(CCCOC(=O)C(=C)C)O[Si](C)(C)C=C.C[Si]1(CCCc2ccccc2)C[Si](C)(CCCc2ccccc2)O[Si](C)(CCCc2ccccc2)O[Si](C)(CCCc2ccccc2)O1. The van der Waals surface area contributed by atoms with Crippen molar-refractivity contribution in [1.29, 1.82) is 0 Å². The normalized spacial score (nSPS) is 22.9. The zero-order valence-electron chi connectivity index (χ0n) is 86.3. The second kappa shape index (κ2) is 56.6. The first-order chi connectivity index (χ1) is 63.1. The molecule has 7 rings (SSSR count). The van der Waals surface area contributed by atoms with Gasteiger partial charge in [0.15, 0.2) is 49.9 Å². The third kappa shape index (κ3) is 47.5. The molecule has 2 aliphatic heterocycles. The molecule has 0 aliphatic carbocycles. The molecule has 0 amide bonds. The monoisotopic (exact) mass is 2080 g/mol. The minimum absolute atomic E-state index is 0.210. The van der Waals surface area contributed by atoms with Crippen LogP contribution < -0.4 is 0 Å². The third-order valence-corrected chi connectivity index (χ3v) is 87.8. The Morgan fingerprint density at radius 1 is 0.289 bits per heavy atom. The summed E-state index contributed by atoms with van der Waals surface area (Å²) in [6, 6.07) is 62.8. The maximum absolute atomic E-state index is 12.0. The van der Waals surface area contributed by atoms with Crippen LogP contribution in [-0.4, -0.2) is 173 Å². The Balaban J connectivity index is 0.000000360. The van der Waals surface area contributed by atoms with Crippen LogP contribution in [0.4, 0.5) is 0 Å². The minimum Gasteiger partial charge on any atom is -0.462 e. The van der Waals surface area contributed by atoms with Gasteiger partial charge in [0.25, 0.3) is 0 Å². The van der Waals surface area contributed by atoms with Gasteiger partial charge < -0.3 is 64.8 Å². The fourth-order valence-corrected chi connectivity index (χ4v) is 98.2. The van der Waals surface area contributed by atoms with Crippen molar-refractivity contribution in [3.63, 3.8) is 0 Å². The lowest BCUT2D eigenvalue weighted by Crippen LogP contribution is -2.65. The standard InChI is InChI=1S/C41H58O3Si4.C33H58O11Si4.C28H52O6Si5/c1-45(33-17-29-38-21-9-5-10-22-38)37-46(2,34-18-30-39-23-11-6-12-24-39)43-48(4,36-20-32-41-27-15-8-16-28-41)44-47(3,42-45)35-19-31-40-25-13-7-14-26-40;1-26(2)30(34)38-17-13-21-45(9)25-46(10,22-14-18-39-31(35)27(3)4)43-48(12,24-16-20-41-33(37)29(7)8)44-47(11,42-45)23-15-19-40-32(36)28(5)6;1-13-35(5,6)31-37(9,10)33-39(12,24-18-22-27-20-16-15-17-21-27)34-38(11,32-36(7,8)14-2)25-19-23-30-28(29)26(3)4/h5-16,21-28H,17-20,29-37H2,1-4H3;1,3,5,7,13-25H2,2,4,6,8-12H3;13-17,20-21H,1-3,18-19,22-25H2,4-12H3. The first-order valence-corrected chi connectivity index (χ1v) is 84.0. The summed E-state index contributed by atoms with van der Waals surface area (Å²) in [7, 11) is -32.7. The van der Waals surface area contributed by atoms with Crippen LogP contribution in [0.2, 0.25) is 177 Å². The van der Waals surface area contributed by atoms with Gasteiger partial charge in [-0.1, -0.05) is 196 Å². The average Bonchev–Trinajstić information content (AvgIpc) is 0.766.